The van der Waals surface area contributed by atoms with Gasteiger partial charge in [-0.1, -0.05) is 60.1 Å². The van der Waals surface area contributed by atoms with Gasteiger partial charge in [0.15, 0.2) is 0 Å². The summed E-state index contributed by atoms with van der Waals surface area (Å²) in [7, 11) is 0. The summed E-state index contributed by atoms with van der Waals surface area (Å²) >= 11 is 12.6. The molecule has 0 unspecified atom stereocenters. The Morgan fingerprint density at radius 2 is 1.25 bits per heavy atom. The van der Waals surface area contributed by atoms with Crippen LogP contribution in [0.5, 0.6) is 0 Å². The van der Waals surface area contributed by atoms with Crippen LogP contribution < -0.4 is 0 Å². The molecule has 2 amide bonds. The number of amides is 2. The van der Waals surface area contributed by atoms with Crippen molar-refractivity contribution in [2.45, 2.75) is 0 Å². The molecule has 0 aliphatic carbocycles. The molecule has 0 aromatic heterocycles. The highest BCUT2D eigenvalue weighted by molar-refractivity contribution is 8.29. The summed E-state index contributed by atoms with van der Waals surface area (Å²) in [5.41, 5.74) is 0. The number of thioether (sulfide) groups is 2. The zero-order chi connectivity index (χ0) is 14.9. The number of thiocarbonyl (C=S) groups is 2. The highest BCUT2D eigenvalue weighted by Crippen LogP contribution is 2.41. The first-order chi connectivity index (χ1) is 9.51. The zero-order valence-corrected chi connectivity index (χ0v) is 13.6. The van der Waals surface area contributed by atoms with Gasteiger partial charge in [-0.25, -0.2) is 0 Å². The van der Waals surface area contributed by atoms with E-state index in [1.165, 1.54) is 9.80 Å². The van der Waals surface area contributed by atoms with Crippen LogP contribution in [0.2, 0.25) is 0 Å². The average Bonchev–Trinajstić information content (AvgIpc) is 2.84. The fourth-order valence-corrected chi connectivity index (χ4v) is 4.35. The monoisotopic (exact) mass is 342 g/mol. The van der Waals surface area contributed by atoms with Crippen LogP contribution in [0.4, 0.5) is 0 Å². The van der Waals surface area contributed by atoms with E-state index in [1.54, 1.807) is 12.2 Å². The Labute approximate surface area is 135 Å². The molecule has 2 saturated heterocycles. The number of rotatable bonds is 4. The Balaban J connectivity index is 2.35. The van der Waals surface area contributed by atoms with E-state index in [0.29, 0.717) is 31.5 Å². The van der Waals surface area contributed by atoms with Gasteiger partial charge in [-0.05, 0) is 0 Å². The Morgan fingerprint density at radius 1 is 0.900 bits per heavy atom. The lowest BCUT2D eigenvalue weighted by Gasteiger charge is -2.11. The van der Waals surface area contributed by atoms with Crippen LogP contribution in [-0.4, -0.2) is 43.3 Å². The molecule has 0 N–H and O–H groups in total. The number of carbonyl (C=O) groups excluding carboxylic acids is 2. The molecule has 2 aliphatic rings. The Morgan fingerprint density at radius 3 is 1.55 bits per heavy atom. The van der Waals surface area contributed by atoms with Crippen molar-refractivity contribution in [1.82, 2.24) is 9.80 Å². The van der Waals surface area contributed by atoms with Gasteiger partial charge in [-0.2, -0.15) is 0 Å². The maximum Gasteiger partial charge on any atom is 0.267 e. The van der Waals surface area contributed by atoms with Gasteiger partial charge in [0, 0.05) is 13.1 Å². The normalized spacial score (nSPS) is 23.0. The molecular weight excluding hydrogens is 332 g/mol. The van der Waals surface area contributed by atoms with E-state index in [2.05, 4.69) is 13.2 Å². The molecule has 0 bridgehead atoms. The van der Waals surface area contributed by atoms with Gasteiger partial charge >= 0.3 is 0 Å². The summed E-state index contributed by atoms with van der Waals surface area (Å²) in [6.07, 6.45) is 3.19. The molecule has 0 atom stereocenters. The zero-order valence-electron chi connectivity index (χ0n) is 10.3. The summed E-state index contributed by atoms with van der Waals surface area (Å²) in [4.78, 5) is 28.1. The van der Waals surface area contributed by atoms with Crippen molar-refractivity contribution < 1.29 is 9.59 Å². The summed E-state index contributed by atoms with van der Waals surface area (Å²) in [5.74, 6) is -0.530. The van der Waals surface area contributed by atoms with Gasteiger partial charge in [0.1, 0.15) is 8.64 Å². The molecule has 20 heavy (non-hydrogen) atoms. The fourth-order valence-electron chi connectivity index (χ4n) is 1.64. The van der Waals surface area contributed by atoms with Crippen molar-refractivity contribution >= 4 is 68.4 Å². The van der Waals surface area contributed by atoms with Crippen LogP contribution in [0, 0.1) is 0 Å². The number of hydrogen-bond donors (Lipinski definition) is 0. The Bertz CT molecular complexity index is 532. The van der Waals surface area contributed by atoms with E-state index < -0.39 is 0 Å². The summed E-state index contributed by atoms with van der Waals surface area (Å²) in [6.45, 7) is 7.84. The largest absolute Gasteiger partial charge is 0.289 e. The second-order valence-corrected chi connectivity index (χ2v) is 7.09. The van der Waals surface area contributed by atoms with Crippen LogP contribution in [0.3, 0.4) is 0 Å². The molecule has 0 aromatic rings. The summed E-state index contributed by atoms with van der Waals surface area (Å²) in [5, 5.41) is 0. The second-order valence-electron chi connectivity index (χ2n) is 3.80. The van der Waals surface area contributed by atoms with Crippen LogP contribution >= 0.6 is 48.0 Å². The minimum Gasteiger partial charge on any atom is -0.289 e. The molecule has 0 aromatic carbocycles. The molecule has 8 heteroatoms. The van der Waals surface area contributed by atoms with E-state index in [-0.39, 0.29) is 11.8 Å². The molecule has 104 valence electrons. The van der Waals surface area contributed by atoms with E-state index in [9.17, 15) is 9.59 Å². The van der Waals surface area contributed by atoms with E-state index in [0.717, 1.165) is 23.5 Å². The van der Waals surface area contributed by atoms with Crippen molar-refractivity contribution in [3.8, 4) is 0 Å². The highest BCUT2D eigenvalue weighted by Gasteiger charge is 2.41. The first kappa shape index (κ1) is 15.4. The van der Waals surface area contributed by atoms with Gasteiger partial charge in [0.25, 0.3) is 11.8 Å². The predicted molar refractivity (Wildman–Crippen MR) is 91.2 cm³/mol. The van der Waals surface area contributed by atoms with E-state index >= 15 is 0 Å². The van der Waals surface area contributed by atoms with Crippen LogP contribution in [0.1, 0.15) is 0 Å². The van der Waals surface area contributed by atoms with Gasteiger partial charge in [-0.3, -0.25) is 19.4 Å². The lowest BCUT2D eigenvalue weighted by atomic mass is 10.3. The Hall–Kier alpha value is -0.960. The minimum absolute atomic E-state index is 0.265. The third kappa shape index (κ3) is 2.60. The molecular formula is C12H10N2O2S4. The lowest BCUT2D eigenvalue weighted by molar-refractivity contribution is -0.124. The number of hydrogen-bond acceptors (Lipinski definition) is 6. The molecule has 2 fully saturated rings. The van der Waals surface area contributed by atoms with Crippen molar-refractivity contribution in [3.05, 3.63) is 35.1 Å². The molecule has 0 spiro atoms. The molecule has 2 aliphatic heterocycles. The molecule has 0 saturated carbocycles. The van der Waals surface area contributed by atoms with Crippen LogP contribution in [0.25, 0.3) is 0 Å². The second kappa shape index (κ2) is 6.21. The fraction of sp³-hybridized carbons (Fsp3) is 0.167. The first-order valence-corrected chi connectivity index (χ1v) is 7.99. The summed E-state index contributed by atoms with van der Waals surface area (Å²) in [6, 6.07) is 0. The smallest absolute Gasteiger partial charge is 0.267 e. The third-order valence-corrected chi connectivity index (χ3v) is 5.55. The van der Waals surface area contributed by atoms with E-state index in [4.69, 9.17) is 24.4 Å². The van der Waals surface area contributed by atoms with Crippen LogP contribution in [0.15, 0.2) is 35.1 Å². The maximum absolute atomic E-state index is 12.3. The van der Waals surface area contributed by atoms with Crippen molar-refractivity contribution in [1.29, 1.82) is 0 Å². The minimum atomic E-state index is -0.265. The highest BCUT2D eigenvalue weighted by atomic mass is 32.2. The maximum atomic E-state index is 12.3. The van der Waals surface area contributed by atoms with Crippen molar-refractivity contribution in [3.63, 3.8) is 0 Å². The molecule has 4 nitrogen and oxygen atoms in total. The number of carbonyl (C=O) groups is 2. The summed E-state index contributed by atoms with van der Waals surface area (Å²) < 4.78 is 0.859. The molecule has 2 rings (SSSR count). The van der Waals surface area contributed by atoms with Crippen molar-refractivity contribution in [2.75, 3.05) is 13.1 Å². The van der Waals surface area contributed by atoms with Gasteiger partial charge < -0.3 is 0 Å². The van der Waals surface area contributed by atoms with Crippen molar-refractivity contribution in [2.24, 2.45) is 0 Å². The van der Waals surface area contributed by atoms with Gasteiger partial charge in [0.2, 0.25) is 0 Å². The first-order valence-electron chi connectivity index (χ1n) is 5.54. The SMILES string of the molecule is C=CCN1C(=O)C(=C2SC(=S)N(CC=C)C2=O)SC1=S. The lowest BCUT2D eigenvalue weighted by Crippen LogP contribution is -2.29. The standard InChI is InChI=1S/C12H10N2O2S4/c1-3-5-13-9(15)7(19-11(13)17)8-10(16)14(6-4-2)12(18)20-8/h3-4H,1-2,5-6H2. The predicted octanol–water partition coefficient (Wildman–Crippen LogP) is 2.29. The van der Waals surface area contributed by atoms with Gasteiger partial charge in [-0.15, -0.1) is 13.2 Å². The topological polar surface area (TPSA) is 40.6 Å². The van der Waals surface area contributed by atoms with E-state index in [1.807, 2.05) is 0 Å². The number of nitrogens with zero attached hydrogens (tertiary/aromatic N) is 2. The Kier molecular flexibility index (Phi) is 4.79. The quantitative estimate of drug-likeness (QED) is 0.444. The third-order valence-electron chi connectivity index (χ3n) is 2.53. The van der Waals surface area contributed by atoms with Crippen LogP contribution in [-0.2, 0) is 9.59 Å². The average molecular weight is 342 g/mol. The van der Waals surface area contributed by atoms with Gasteiger partial charge in [0.05, 0.1) is 9.81 Å². The molecule has 0 radical (unpaired) electrons. The molecule has 2 heterocycles.